The fourth-order valence-electron chi connectivity index (χ4n) is 7.40. The number of benzene rings is 4. The fraction of sp³-hybridized carbons (Fsp3) is 0.409. The second-order valence-corrected chi connectivity index (χ2v) is 14.6. The van der Waals surface area contributed by atoms with Gasteiger partial charge in [-0.3, -0.25) is 0 Å². The van der Waals surface area contributed by atoms with Crippen molar-refractivity contribution in [2.75, 3.05) is 19.8 Å². The molecular weight excluding hydrogens is 678 g/mol. The van der Waals surface area contributed by atoms with Crippen LogP contribution in [0.3, 0.4) is 0 Å². The van der Waals surface area contributed by atoms with Crippen LogP contribution < -0.4 is 9.47 Å². The first-order chi connectivity index (χ1) is 25.8. The molecule has 0 bridgehead atoms. The van der Waals surface area contributed by atoms with Crippen LogP contribution in [0, 0.1) is 17.6 Å². The third kappa shape index (κ3) is 11.0. The number of ether oxygens (including phenoxy) is 5. The van der Waals surface area contributed by atoms with Crippen molar-refractivity contribution in [3.05, 3.63) is 131 Å². The average molecular weight is 725 g/mol. The van der Waals surface area contributed by atoms with Crippen LogP contribution in [-0.4, -0.2) is 50.1 Å². The maximum atomic E-state index is 12.9. The first kappa shape index (κ1) is 36.9. The average Bonchev–Trinajstić information content (AvgIpc) is 4.14. The van der Waals surface area contributed by atoms with Crippen molar-refractivity contribution in [3.63, 3.8) is 0 Å². The van der Waals surface area contributed by atoms with Crippen molar-refractivity contribution in [2.24, 2.45) is 5.92 Å². The number of hydrogen-bond acceptors (Lipinski definition) is 7. The molecule has 4 aromatic carbocycles. The zero-order valence-electron chi connectivity index (χ0n) is 29.8. The fourth-order valence-corrected chi connectivity index (χ4v) is 7.40. The maximum absolute atomic E-state index is 12.9. The molecule has 2 atom stereocenters. The van der Waals surface area contributed by atoms with E-state index < -0.39 is 11.9 Å². The van der Waals surface area contributed by atoms with E-state index in [4.69, 9.17) is 23.7 Å². The number of halogens is 2. The molecule has 7 nitrogen and oxygen atoms in total. The summed E-state index contributed by atoms with van der Waals surface area (Å²) >= 11 is 0. The Hall–Kier alpha value is -4.44. The highest BCUT2D eigenvalue weighted by molar-refractivity contribution is 5.91. The Bertz CT molecular complexity index is 1770. The Morgan fingerprint density at radius 2 is 0.962 bits per heavy atom. The SMILES string of the molecule is O=C(Oc1ccc(F)cc1)c1ccc(C2CCC(CC3CO3)CC2)cc1.O=C(Oc1ccc(F)cc1)c1ccc(C2CCC(OCC3CO3)CC2)cc1. The van der Waals surface area contributed by atoms with Gasteiger partial charge in [-0.15, -0.1) is 0 Å². The number of carbonyl (C=O) groups excluding carboxylic acids is 2. The third-order valence-corrected chi connectivity index (χ3v) is 10.7. The van der Waals surface area contributed by atoms with Crippen molar-refractivity contribution < 1.29 is 42.1 Å². The topological polar surface area (TPSA) is 86.9 Å². The predicted molar refractivity (Wildman–Crippen MR) is 195 cm³/mol. The summed E-state index contributed by atoms with van der Waals surface area (Å²) in [5.41, 5.74) is 3.55. The molecule has 4 fully saturated rings. The van der Waals surface area contributed by atoms with E-state index in [0.29, 0.717) is 52.8 Å². The lowest BCUT2D eigenvalue weighted by Gasteiger charge is -2.28. The van der Waals surface area contributed by atoms with E-state index in [-0.39, 0.29) is 11.6 Å². The Morgan fingerprint density at radius 3 is 1.38 bits per heavy atom. The van der Waals surface area contributed by atoms with Crippen LogP contribution in [0.1, 0.15) is 101 Å². The van der Waals surface area contributed by atoms with Gasteiger partial charge in [0.25, 0.3) is 0 Å². The highest BCUT2D eigenvalue weighted by Gasteiger charge is 2.30. The molecule has 2 aliphatic heterocycles. The highest BCUT2D eigenvalue weighted by Crippen LogP contribution is 2.39. The number of carbonyl (C=O) groups is 2. The Kier molecular flexibility index (Phi) is 12.2. The van der Waals surface area contributed by atoms with Crippen LogP contribution in [0.25, 0.3) is 0 Å². The first-order valence-corrected chi connectivity index (χ1v) is 18.8. The molecule has 2 saturated heterocycles. The number of rotatable bonds is 11. The number of epoxide rings is 2. The molecule has 0 spiro atoms. The van der Waals surface area contributed by atoms with Gasteiger partial charge in [-0.05, 0) is 159 Å². The van der Waals surface area contributed by atoms with Gasteiger partial charge in [-0.2, -0.15) is 0 Å². The van der Waals surface area contributed by atoms with Gasteiger partial charge in [0.05, 0.1) is 43.2 Å². The highest BCUT2D eigenvalue weighted by atomic mass is 19.1. The van der Waals surface area contributed by atoms with Crippen molar-refractivity contribution in [3.8, 4) is 11.5 Å². The van der Waals surface area contributed by atoms with E-state index in [1.165, 1.54) is 91.8 Å². The van der Waals surface area contributed by atoms with Gasteiger partial charge in [-0.25, -0.2) is 18.4 Å². The molecule has 9 heteroatoms. The van der Waals surface area contributed by atoms with Crippen molar-refractivity contribution in [2.45, 2.75) is 87.9 Å². The number of esters is 2. The van der Waals surface area contributed by atoms with E-state index >= 15 is 0 Å². The van der Waals surface area contributed by atoms with Gasteiger partial charge in [0.15, 0.2) is 0 Å². The zero-order chi connectivity index (χ0) is 36.6. The molecule has 8 rings (SSSR count). The van der Waals surface area contributed by atoms with Gasteiger partial charge in [0, 0.05) is 0 Å². The first-order valence-electron chi connectivity index (χ1n) is 18.8. The van der Waals surface area contributed by atoms with Crippen LogP contribution in [0.2, 0.25) is 0 Å². The molecule has 0 amide bonds. The van der Waals surface area contributed by atoms with Gasteiger partial charge in [-0.1, -0.05) is 24.3 Å². The minimum Gasteiger partial charge on any atom is -0.423 e. The molecule has 0 aromatic heterocycles. The van der Waals surface area contributed by atoms with Crippen LogP contribution >= 0.6 is 0 Å². The summed E-state index contributed by atoms with van der Waals surface area (Å²) in [6.07, 6.45) is 11.7. The predicted octanol–water partition coefficient (Wildman–Crippen LogP) is 9.59. The molecule has 278 valence electrons. The summed E-state index contributed by atoms with van der Waals surface area (Å²) < 4.78 is 52.8. The van der Waals surface area contributed by atoms with Crippen LogP contribution in [0.15, 0.2) is 97.1 Å². The smallest absolute Gasteiger partial charge is 0.343 e. The molecule has 4 aromatic rings. The zero-order valence-corrected chi connectivity index (χ0v) is 29.8. The molecule has 2 aliphatic carbocycles. The molecule has 2 unspecified atom stereocenters. The summed E-state index contributed by atoms with van der Waals surface area (Å²) in [6, 6.07) is 26.2. The molecule has 2 heterocycles. The largest absolute Gasteiger partial charge is 0.423 e. The van der Waals surface area contributed by atoms with Crippen LogP contribution in [0.4, 0.5) is 8.78 Å². The van der Waals surface area contributed by atoms with Crippen LogP contribution in [0.5, 0.6) is 11.5 Å². The Labute approximate surface area is 309 Å². The lowest BCUT2D eigenvalue weighted by Crippen LogP contribution is -2.22. The van der Waals surface area contributed by atoms with E-state index in [9.17, 15) is 18.4 Å². The number of hydrogen-bond donors (Lipinski definition) is 0. The van der Waals surface area contributed by atoms with E-state index in [1.54, 1.807) is 12.1 Å². The minimum atomic E-state index is -0.437. The summed E-state index contributed by atoms with van der Waals surface area (Å²) in [4.78, 5) is 24.4. The minimum absolute atomic E-state index is 0.324. The molecule has 2 saturated carbocycles. The summed E-state index contributed by atoms with van der Waals surface area (Å²) in [5.74, 6) is 0.998. The second kappa shape index (κ2) is 17.6. The van der Waals surface area contributed by atoms with Crippen LogP contribution in [-0.2, 0) is 14.2 Å². The maximum Gasteiger partial charge on any atom is 0.343 e. The summed E-state index contributed by atoms with van der Waals surface area (Å²) in [7, 11) is 0. The Balaban J connectivity index is 0.000000164. The lowest BCUT2D eigenvalue weighted by molar-refractivity contribution is 0.0165. The van der Waals surface area contributed by atoms with Gasteiger partial charge in [0.2, 0.25) is 0 Å². The van der Waals surface area contributed by atoms with E-state index in [1.807, 2.05) is 36.4 Å². The van der Waals surface area contributed by atoms with Crippen molar-refractivity contribution >= 4 is 11.9 Å². The quantitative estimate of drug-likeness (QED) is 0.0865. The monoisotopic (exact) mass is 724 g/mol. The lowest BCUT2D eigenvalue weighted by atomic mass is 9.77. The summed E-state index contributed by atoms with van der Waals surface area (Å²) in [5, 5.41) is 0. The molecule has 53 heavy (non-hydrogen) atoms. The summed E-state index contributed by atoms with van der Waals surface area (Å²) in [6.45, 7) is 2.51. The van der Waals surface area contributed by atoms with E-state index in [0.717, 1.165) is 51.4 Å². The van der Waals surface area contributed by atoms with Gasteiger partial charge in [0.1, 0.15) is 29.2 Å². The van der Waals surface area contributed by atoms with Gasteiger partial charge < -0.3 is 23.7 Å². The second-order valence-electron chi connectivity index (χ2n) is 14.6. The van der Waals surface area contributed by atoms with Crippen molar-refractivity contribution in [1.29, 1.82) is 0 Å². The molecular formula is C44H46F2O7. The molecule has 0 N–H and O–H groups in total. The normalized spacial score (nSPS) is 24.6. The van der Waals surface area contributed by atoms with Crippen molar-refractivity contribution in [1.82, 2.24) is 0 Å². The van der Waals surface area contributed by atoms with Gasteiger partial charge >= 0.3 is 11.9 Å². The molecule has 0 radical (unpaired) electrons. The standard InChI is InChI=1S/C22H23FO4.C22H23FO3/c23-18-7-11-20(12-8-18)27-22(24)17-3-1-15(2-4-17)16-5-9-19(10-6-16)25-13-21-14-26-21;23-19-9-11-20(12-10-19)26-22(24)18-7-5-17(6-8-18)16-3-1-15(2-4-16)13-21-14-25-21/h1-4,7-8,11-12,16,19,21H,5-6,9-10,13-14H2;5-12,15-16,21H,1-4,13-14H2. The Morgan fingerprint density at radius 1 is 0.547 bits per heavy atom. The third-order valence-electron chi connectivity index (χ3n) is 10.7. The molecule has 4 aliphatic rings. The van der Waals surface area contributed by atoms with E-state index in [2.05, 4.69) is 0 Å².